The van der Waals surface area contributed by atoms with Gasteiger partial charge in [-0.1, -0.05) is 20.8 Å². The maximum atomic E-state index is 15.0. The molecule has 1 aliphatic carbocycles. The third-order valence-corrected chi connectivity index (χ3v) is 12.0. The van der Waals surface area contributed by atoms with Gasteiger partial charge >= 0.3 is 0 Å². The number of imidazole rings is 2. The minimum Gasteiger partial charge on any atom is -0.459 e. The van der Waals surface area contributed by atoms with Crippen LogP contribution in [0, 0.1) is 0 Å². The third kappa shape index (κ3) is 3.73. The number of rotatable bonds is 4. The lowest BCUT2D eigenvalue weighted by Crippen LogP contribution is -2.52. The number of fused-ring (bicyclic) bond motifs is 1. The number of nitrogen functional groups attached to an aromatic ring is 1. The monoisotopic (exact) mass is 523 g/mol. The van der Waals surface area contributed by atoms with E-state index in [1.807, 2.05) is 33.9 Å². The Hall–Kier alpha value is -2.55. The van der Waals surface area contributed by atoms with E-state index in [2.05, 4.69) is 19.9 Å². The van der Waals surface area contributed by atoms with Gasteiger partial charge in [0.05, 0.1) is 12.7 Å². The van der Waals surface area contributed by atoms with Crippen molar-refractivity contribution < 1.29 is 22.7 Å². The Morgan fingerprint density at radius 2 is 1.97 bits per heavy atom. The van der Waals surface area contributed by atoms with Crippen molar-refractivity contribution in [3.05, 3.63) is 31.4 Å². The molecule has 0 amide bonds. The normalized spacial score (nSPS) is 28.0. The number of hydrogen-bond donors (Lipinski definition) is 1. The van der Waals surface area contributed by atoms with E-state index in [1.165, 1.54) is 28.1 Å². The number of nitrogens with zero attached hydrogens (tertiary/aromatic N) is 6. The molecule has 10 nitrogen and oxygen atoms in total. The summed E-state index contributed by atoms with van der Waals surface area (Å²) in [5.41, 5.74) is 4.74. The molecule has 188 valence electrons. The highest BCUT2D eigenvalue weighted by molar-refractivity contribution is 7.80. The van der Waals surface area contributed by atoms with Crippen LogP contribution in [0.25, 0.3) is 11.2 Å². The van der Waals surface area contributed by atoms with Gasteiger partial charge < -0.3 is 19.6 Å². The molecule has 0 radical (unpaired) electrons. The van der Waals surface area contributed by atoms with E-state index in [-0.39, 0.29) is 16.0 Å². The van der Waals surface area contributed by atoms with Gasteiger partial charge in [-0.25, -0.2) is 28.7 Å². The Balaban J connectivity index is 1.61. The van der Waals surface area contributed by atoms with Crippen LogP contribution in [0.2, 0.25) is 18.1 Å². The van der Waals surface area contributed by atoms with Crippen LogP contribution in [0.5, 0.6) is 0 Å². The van der Waals surface area contributed by atoms with Gasteiger partial charge in [0.2, 0.25) is 0 Å². The molecule has 35 heavy (non-hydrogen) atoms. The van der Waals surface area contributed by atoms with E-state index in [9.17, 15) is 0 Å². The predicted molar refractivity (Wildman–Crippen MR) is 129 cm³/mol. The lowest BCUT2D eigenvalue weighted by molar-refractivity contribution is -0.0970. The molecule has 1 saturated heterocycles. The Labute approximate surface area is 206 Å². The summed E-state index contributed by atoms with van der Waals surface area (Å²) in [7, 11) is -2.54. The van der Waals surface area contributed by atoms with Crippen LogP contribution in [-0.2, 0) is 13.9 Å². The summed E-state index contributed by atoms with van der Waals surface area (Å²) in [6.07, 6.45) is 3.67. The quantitative estimate of drug-likeness (QED) is 0.405. The fourth-order valence-corrected chi connectivity index (χ4v) is 5.61. The standard InChI is InChI=1S/C21H27F2N7O3SSi/c1-19(2,3)35(4,5)33-14-13(31-18(34)29-7-6-25-10-29)17(32-20(14)8-21(20,22)23)30-11-28-12-15(24)26-9-27-16(12)30/h6-7,9-11,13-14,17H,8H2,1-5H3,(H2,24,26,27)/t13-,14+,17-,20+/m1/s1. The van der Waals surface area contributed by atoms with E-state index in [1.54, 1.807) is 12.4 Å². The minimum atomic E-state index is -3.10. The molecule has 4 heterocycles. The Morgan fingerprint density at radius 3 is 2.57 bits per heavy atom. The molecule has 2 fully saturated rings. The van der Waals surface area contributed by atoms with Crippen LogP contribution in [0.1, 0.15) is 33.4 Å². The maximum Gasteiger partial charge on any atom is 0.282 e. The molecule has 3 aromatic heterocycles. The van der Waals surface area contributed by atoms with Crippen LogP contribution in [-0.4, -0.2) is 66.3 Å². The fourth-order valence-electron chi connectivity index (χ4n) is 4.08. The zero-order chi connectivity index (χ0) is 25.4. The molecule has 1 aliphatic heterocycles. The van der Waals surface area contributed by atoms with Crippen molar-refractivity contribution in [2.24, 2.45) is 0 Å². The maximum absolute atomic E-state index is 15.0. The van der Waals surface area contributed by atoms with Gasteiger partial charge in [0.1, 0.15) is 24.3 Å². The van der Waals surface area contributed by atoms with Crippen LogP contribution in [0.3, 0.4) is 0 Å². The molecule has 4 atom stereocenters. The summed E-state index contributed by atoms with van der Waals surface area (Å²) >= 11 is 5.47. The molecule has 1 saturated carbocycles. The average molecular weight is 524 g/mol. The second-order valence-corrected chi connectivity index (χ2v) is 15.6. The zero-order valence-corrected chi connectivity index (χ0v) is 21.8. The predicted octanol–water partition coefficient (Wildman–Crippen LogP) is 3.52. The summed E-state index contributed by atoms with van der Waals surface area (Å²) in [5, 5.41) is -0.209. The number of thiocarbonyl (C=S) groups is 1. The number of ether oxygens (including phenoxy) is 2. The smallest absolute Gasteiger partial charge is 0.282 e. The first kappa shape index (κ1) is 24.2. The number of nitrogens with two attached hydrogens (primary N) is 1. The summed E-state index contributed by atoms with van der Waals surface area (Å²) in [5.74, 6) is -2.93. The second-order valence-electron chi connectivity index (χ2n) is 10.5. The first-order valence-electron chi connectivity index (χ1n) is 11.1. The molecule has 2 N–H and O–H groups in total. The van der Waals surface area contributed by atoms with Crippen molar-refractivity contribution in [1.82, 2.24) is 29.1 Å². The molecular formula is C21H27F2N7O3SSi. The van der Waals surface area contributed by atoms with Gasteiger partial charge in [0, 0.05) is 12.4 Å². The SMILES string of the molecule is CC(C)(C)[Si](C)(C)O[C@H]1[C@@H](OC(=S)n2ccnc2)[C@H](n2cnc3c(N)ncnc32)O[C@@]12CC2(F)F. The highest BCUT2D eigenvalue weighted by Gasteiger charge is 2.83. The average Bonchev–Trinajstić information content (AvgIpc) is 3.26. The summed E-state index contributed by atoms with van der Waals surface area (Å²) < 4.78 is 52.0. The topological polar surface area (TPSA) is 115 Å². The summed E-state index contributed by atoms with van der Waals surface area (Å²) in [6, 6.07) is 0. The lowest BCUT2D eigenvalue weighted by Gasteiger charge is -2.40. The molecule has 3 aromatic rings. The van der Waals surface area contributed by atoms with Crippen molar-refractivity contribution in [2.45, 2.75) is 75.3 Å². The number of halogens is 2. The molecule has 0 unspecified atom stereocenters. The first-order chi connectivity index (χ1) is 16.3. The number of hydrogen-bond acceptors (Lipinski definition) is 9. The lowest BCUT2D eigenvalue weighted by atomic mass is 10.1. The van der Waals surface area contributed by atoms with E-state index < -0.39 is 44.7 Å². The Morgan fingerprint density at radius 1 is 1.26 bits per heavy atom. The van der Waals surface area contributed by atoms with E-state index in [4.69, 9.17) is 31.9 Å². The van der Waals surface area contributed by atoms with Gasteiger partial charge in [-0.2, -0.15) is 0 Å². The van der Waals surface area contributed by atoms with Crippen LogP contribution < -0.4 is 5.73 Å². The van der Waals surface area contributed by atoms with Gasteiger partial charge in [0.25, 0.3) is 11.1 Å². The van der Waals surface area contributed by atoms with Crippen molar-refractivity contribution >= 4 is 42.7 Å². The molecule has 14 heteroatoms. The summed E-state index contributed by atoms with van der Waals surface area (Å²) in [4.78, 5) is 16.5. The Bertz CT molecular complexity index is 1280. The largest absolute Gasteiger partial charge is 0.459 e. The molecule has 0 aromatic carbocycles. The van der Waals surface area contributed by atoms with Crippen LogP contribution >= 0.6 is 12.2 Å². The van der Waals surface area contributed by atoms with Crippen LogP contribution in [0.15, 0.2) is 31.4 Å². The first-order valence-corrected chi connectivity index (χ1v) is 14.4. The highest BCUT2D eigenvalue weighted by Crippen LogP contribution is 2.65. The van der Waals surface area contributed by atoms with Gasteiger partial charge in [0.15, 0.2) is 37.7 Å². The zero-order valence-electron chi connectivity index (χ0n) is 20.0. The minimum absolute atomic E-state index is 0.0320. The molecule has 2 aliphatic rings. The van der Waals surface area contributed by atoms with Crippen molar-refractivity contribution in [3.63, 3.8) is 0 Å². The molecule has 0 bridgehead atoms. The Kier molecular flexibility index (Phi) is 5.33. The third-order valence-electron chi connectivity index (χ3n) is 7.19. The molecule has 5 rings (SSSR count). The highest BCUT2D eigenvalue weighted by atomic mass is 32.1. The van der Waals surface area contributed by atoms with E-state index in [0.717, 1.165) is 0 Å². The number of alkyl halides is 2. The molecular weight excluding hydrogens is 496 g/mol. The van der Waals surface area contributed by atoms with Crippen molar-refractivity contribution in [2.75, 3.05) is 5.73 Å². The number of aromatic nitrogens is 6. The van der Waals surface area contributed by atoms with Gasteiger partial charge in [-0.3, -0.25) is 9.13 Å². The van der Waals surface area contributed by atoms with Crippen molar-refractivity contribution in [3.8, 4) is 0 Å². The van der Waals surface area contributed by atoms with Crippen LogP contribution in [0.4, 0.5) is 14.6 Å². The van der Waals surface area contributed by atoms with E-state index >= 15 is 8.78 Å². The fraction of sp³-hybridized carbons (Fsp3) is 0.571. The van der Waals surface area contributed by atoms with Crippen molar-refractivity contribution in [1.29, 1.82) is 0 Å². The summed E-state index contributed by atoms with van der Waals surface area (Å²) in [6.45, 7) is 10.1. The number of anilines is 1. The van der Waals surface area contributed by atoms with Gasteiger partial charge in [-0.15, -0.1) is 0 Å². The van der Waals surface area contributed by atoms with E-state index in [0.29, 0.717) is 11.2 Å². The second kappa shape index (κ2) is 7.72. The molecule has 1 spiro atoms. The van der Waals surface area contributed by atoms with Gasteiger partial charge in [-0.05, 0) is 30.4 Å².